The van der Waals surface area contributed by atoms with Crippen LogP contribution in [0.15, 0.2) is 0 Å². The Bertz CT molecular complexity index is 203. The van der Waals surface area contributed by atoms with E-state index < -0.39 is 5.60 Å². The van der Waals surface area contributed by atoms with Crippen molar-refractivity contribution >= 4 is 18.5 Å². The molecule has 1 aliphatic carbocycles. The molecule has 84 valence electrons. The van der Waals surface area contributed by atoms with Crippen molar-refractivity contribution in [3.05, 3.63) is 0 Å². The zero-order valence-corrected chi connectivity index (χ0v) is 9.69. The molecule has 0 aromatic carbocycles. The highest BCUT2D eigenvalue weighted by atomic mass is 35.5. The van der Waals surface area contributed by atoms with Gasteiger partial charge in [-0.3, -0.25) is 0 Å². The molecule has 1 aliphatic rings. The second-order valence-corrected chi connectivity index (χ2v) is 4.49. The van der Waals surface area contributed by atoms with E-state index in [0.717, 1.165) is 12.8 Å². The number of ether oxygens (including phenoxy) is 1. The molecule has 0 aliphatic heterocycles. The lowest BCUT2D eigenvalue weighted by atomic mass is 9.87. The molecule has 4 nitrogen and oxygen atoms in total. The molecule has 1 saturated carbocycles. The van der Waals surface area contributed by atoms with Crippen LogP contribution in [0.5, 0.6) is 0 Å². The number of carbonyl (C=O) groups excluding carboxylic acids is 1. The second-order valence-electron chi connectivity index (χ2n) is 4.49. The molecule has 1 rings (SSSR count). The lowest BCUT2D eigenvalue weighted by Gasteiger charge is -2.34. The van der Waals surface area contributed by atoms with Gasteiger partial charge in [0.1, 0.15) is 5.60 Å². The van der Waals surface area contributed by atoms with Gasteiger partial charge in [-0.25, -0.2) is 4.79 Å². The van der Waals surface area contributed by atoms with Crippen molar-refractivity contribution in [1.29, 1.82) is 0 Å². The molecule has 1 fully saturated rings. The summed E-state index contributed by atoms with van der Waals surface area (Å²) in [5.74, 6) is 0. The number of nitrogens with one attached hydrogen (secondary N) is 1. The smallest absolute Gasteiger partial charge is 0.407 e. The summed E-state index contributed by atoms with van der Waals surface area (Å²) in [4.78, 5) is 11.2. The van der Waals surface area contributed by atoms with Gasteiger partial charge < -0.3 is 15.8 Å². The fourth-order valence-corrected chi connectivity index (χ4v) is 1.16. The summed E-state index contributed by atoms with van der Waals surface area (Å²) < 4.78 is 5.09. The Labute approximate surface area is 91.0 Å². The predicted octanol–water partition coefficient (Wildman–Crippen LogP) is 1.42. The molecule has 0 heterocycles. The van der Waals surface area contributed by atoms with Crippen molar-refractivity contribution < 1.29 is 9.53 Å². The van der Waals surface area contributed by atoms with Crippen molar-refractivity contribution in [3.63, 3.8) is 0 Å². The first kappa shape index (κ1) is 13.5. The largest absolute Gasteiger partial charge is 0.444 e. The second kappa shape index (κ2) is 4.84. The minimum Gasteiger partial charge on any atom is -0.444 e. The monoisotopic (exact) mass is 222 g/mol. The fraction of sp³-hybridized carbons (Fsp3) is 0.889. The van der Waals surface area contributed by atoms with Gasteiger partial charge in [-0.15, -0.1) is 12.4 Å². The van der Waals surface area contributed by atoms with E-state index >= 15 is 0 Å². The Morgan fingerprint density at radius 2 is 2.00 bits per heavy atom. The molecule has 3 N–H and O–H groups in total. The maximum atomic E-state index is 11.2. The standard InChI is InChI=1S/C9H18N2O2.ClH/c1-9(2,3)13-8(12)11-7-5-4-6(7)10;/h6-7H,4-5,10H2,1-3H3,(H,11,12);1H/t6-,7+;/m0./s1. The minimum atomic E-state index is -0.433. The Morgan fingerprint density at radius 3 is 2.29 bits per heavy atom. The minimum absolute atomic E-state index is 0. The molecule has 1 amide bonds. The molecule has 0 aromatic heterocycles. The average Bonchev–Trinajstić information content (AvgIpc) is 1.94. The fourth-order valence-electron chi connectivity index (χ4n) is 1.16. The topological polar surface area (TPSA) is 64.3 Å². The molecule has 0 saturated heterocycles. The normalized spacial score (nSPS) is 25.7. The summed E-state index contributed by atoms with van der Waals surface area (Å²) >= 11 is 0. The van der Waals surface area contributed by atoms with Gasteiger partial charge in [0.25, 0.3) is 0 Å². The van der Waals surface area contributed by atoms with Crippen LogP contribution in [0, 0.1) is 0 Å². The number of hydrogen-bond acceptors (Lipinski definition) is 3. The van der Waals surface area contributed by atoms with Crippen LogP contribution in [0.4, 0.5) is 4.79 Å². The molecular weight excluding hydrogens is 204 g/mol. The maximum absolute atomic E-state index is 11.2. The molecule has 5 heteroatoms. The van der Waals surface area contributed by atoms with Crippen LogP contribution in [0.3, 0.4) is 0 Å². The van der Waals surface area contributed by atoms with Crippen molar-refractivity contribution in [2.45, 2.75) is 51.3 Å². The molecule has 0 radical (unpaired) electrons. The number of rotatable bonds is 1. The van der Waals surface area contributed by atoms with E-state index in [0.29, 0.717) is 0 Å². The van der Waals surface area contributed by atoms with Gasteiger partial charge in [0.2, 0.25) is 0 Å². The van der Waals surface area contributed by atoms with Crippen LogP contribution in [-0.2, 0) is 4.74 Å². The van der Waals surface area contributed by atoms with E-state index in [1.807, 2.05) is 20.8 Å². The number of alkyl carbamates (subject to hydrolysis) is 1. The zero-order valence-electron chi connectivity index (χ0n) is 8.87. The van der Waals surface area contributed by atoms with E-state index in [1.165, 1.54) is 0 Å². The molecule has 14 heavy (non-hydrogen) atoms. The van der Waals surface area contributed by atoms with Gasteiger partial charge in [-0.2, -0.15) is 0 Å². The Morgan fingerprint density at radius 1 is 1.43 bits per heavy atom. The molecule has 0 aromatic rings. The SMILES string of the molecule is CC(C)(C)OC(=O)N[C@@H]1CC[C@@H]1N.Cl. The molecule has 0 spiro atoms. The first-order chi connectivity index (χ1) is 5.88. The predicted molar refractivity (Wildman–Crippen MR) is 57.6 cm³/mol. The van der Waals surface area contributed by atoms with E-state index in [9.17, 15) is 4.79 Å². The molecule has 0 bridgehead atoms. The Hall–Kier alpha value is -0.480. The van der Waals surface area contributed by atoms with E-state index in [-0.39, 0.29) is 30.6 Å². The van der Waals surface area contributed by atoms with Gasteiger partial charge in [-0.05, 0) is 33.6 Å². The molecule has 0 unspecified atom stereocenters. The van der Waals surface area contributed by atoms with Gasteiger partial charge >= 0.3 is 6.09 Å². The summed E-state index contributed by atoms with van der Waals surface area (Å²) in [6.07, 6.45) is 1.58. The highest BCUT2D eigenvalue weighted by Gasteiger charge is 2.30. The van der Waals surface area contributed by atoms with Crippen LogP contribution in [0.25, 0.3) is 0 Å². The quantitative estimate of drug-likeness (QED) is 0.706. The van der Waals surface area contributed by atoms with Crippen molar-refractivity contribution in [1.82, 2.24) is 5.32 Å². The number of hydrogen-bond donors (Lipinski definition) is 2. The summed E-state index contributed by atoms with van der Waals surface area (Å²) in [5.41, 5.74) is 5.23. The average molecular weight is 223 g/mol. The third kappa shape index (κ3) is 4.15. The number of amides is 1. The first-order valence-corrected chi connectivity index (χ1v) is 4.63. The van der Waals surface area contributed by atoms with E-state index in [4.69, 9.17) is 10.5 Å². The highest BCUT2D eigenvalue weighted by molar-refractivity contribution is 5.85. The third-order valence-electron chi connectivity index (χ3n) is 2.03. The lowest BCUT2D eigenvalue weighted by Crippen LogP contribution is -2.55. The lowest BCUT2D eigenvalue weighted by molar-refractivity contribution is 0.0467. The van der Waals surface area contributed by atoms with Crippen LogP contribution < -0.4 is 11.1 Å². The first-order valence-electron chi connectivity index (χ1n) is 4.63. The van der Waals surface area contributed by atoms with E-state index in [2.05, 4.69) is 5.32 Å². The van der Waals surface area contributed by atoms with Gasteiger partial charge in [0.05, 0.1) is 0 Å². The van der Waals surface area contributed by atoms with Crippen molar-refractivity contribution in [2.24, 2.45) is 5.73 Å². The maximum Gasteiger partial charge on any atom is 0.407 e. The van der Waals surface area contributed by atoms with Gasteiger partial charge in [0.15, 0.2) is 0 Å². The van der Waals surface area contributed by atoms with Crippen LogP contribution >= 0.6 is 12.4 Å². The van der Waals surface area contributed by atoms with Crippen LogP contribution in [0.1, 0.15) is 33.6 Å². The summed E-state index contributed by atoms with van der Waals surface area (Å²) in [5, 5.41) is 2.74. The summed E-state index contributed by atoms with van der Waals surface area (Å²) in [6, 6.07) is 0.211. The number of nitrogens with two attached hydrogens (primary N) is 1. The Kier molecular flexibility index (Phi) is 4.68. The Balaban J connectivity index is 0.00000169. The number of carbonyl (C=O) groups is 1. The highest BCUT2D eigenvalue weighted by Crippen LogP contribution is 2.18. The van der Waals surface area contributed by atoms with Gasteiger partial charge in [0, 0.05) is 12.1 Å². The summed E-state index contributed by atoms with van der Waals surface area (Å²) in [7, 11) is 0. The van der Waals surface area contributed by atoms with Crippen molar-refractivity contribution in [2.75, 3.05) is 0 Å². The van der Waals surface area contributed by atoms with Gasteiger partial charge in [-0.1, -0.05) is 0 Å². The van der Waals surface area contributed by atoms with E-state index in [1.54, 1.807) is 0 Å². The molecule has 2 atom stereocenters. The van der Waals surface area contributed by atoms with Crippen LogP contribution in [0.2, 0.25) is 0 Å². The van der Waals surface area contributed by atoms with Crippen molar-refractivity contribution in [3.8, 4) is 0 Å². The molecular formula is C9H19ClN2O2. The summed E-state index contributed by atoms with van der Waals surface area (Å²) in [6.45, 7) is 5.52. The van der Waals surface area contributed by atoms with Crippen LogP contribution in [-0.4, -0.2) is 23.8 Å². The number of halogens is 1. The third-order valence-corrected chi connectivity index (χ3v) is 2.03. The zero-order chi connectivity index (χ0) is 10.1.